The highest BCUT2D eigenvalue weighted by molar-refractivity contribution is 7.16. The van der Waals surface area contributed by atoms with Crippen LogP contribution in [-0.4, -0.2) is 61.4 Å². The predicted octanol–water partition coefficient (Wildman–Crippen LogP) is 3.42. The highest BCUT2D eigenvalue weighted by Gasteiger charge is 2.26. The van der Waals surface area contributed by atoms with Gasteiger partial charge in [0.25, 0.3) is 0 Å². The molecule has 1 aromatic heterocycles. The van der Waals surface area contributed by atoms with E-state index in [1.165, 1.54) is 15.4 Å². The SMILES string of the molecule is CNC(C)CN1CCN(C2=Nc3ccccc3Nc3sc(C)cc32)CC1. The number of rotatable bonds is 3. The summed E-state index contributed by atoms with van der Waals surface area (Å²) in [5.74, 6) is 1.11. The zero-order valence-electron chi connectivity index (χ0n) is 15.7. The van der Waals surface area contributed by atoms with Crippen LogP contribution in [0.2, 0.25) is 0 Å². The van der Waals surface area contributed by atoms with Crippen LogP contribution in [0.15, 0.2) is 35.3 Å². The van der Waals surface area contributed by atoms with Crippen molar-refractivity contribution in [3.8, 4) is 0 Å². The minimum Gasteiger partial charge on any atom is -0.353 e. The molecule has 0 bridgehead atoms. The van der Waals surface area contributed by atoms with Gasteiger partial charge in [-0.05, 0) is 39.1 Å². The number of aliphatic imine (C=N–C) groups is 1. The quantitative estimate of drug-likeness (QED) is 0.870. The Bertz CT molecular complexity index is 804. The zero-order chi connectivity index (χ0) is 18.1. The van der Waals surface area contributed by atoms with Crippen molar-refractivity contribution in [3.05, 3.63) is 40.8 Å². The second-order valence-electron chi connectivity index (χ2n) is 7.15. The number of hydrogen-bond donors (Lipinski definition) is 2. The van der Waals surface area contributed by atoms with Crippen LogP contribution in [0.3, 0.4) is 0 Å². The summed E-state index contributed by atoms with van der Waals surface area (Å²) in [6.45, 7) is 9.71. The highest BCUT2D eigenvalue weighted by Crippen LogP contribution is 2.39. The minimum atomic E-state index is 0.527. The number of fused-ring (bicyclic) bond motifs is 2. The molecule has 2 aliphatic heterocycles. The van der Waals surface area contributed by atoms with Crippen LogP contribution in [-0.2, 0) is 0 Å². The van der Waals surface area contributed by atoms with Crippen molar-refractivity contribution in [2.75, 3.05) is 45.1 Å². The third-order valence-electron chi connectivity index (χ3n) is 5.17. The van der Waals surface area contributed by atoms with Gasteiger partial charge in [-0.2, -0.15) is 0 Å². The van der Waals surface area contributed by atoms with Crippen molar-refractivity contribution in [2.45, 2.75) is 19.9 Å². The summed E-state index contributed by atoms with van der Waals surface area (Å²) >= 11 is 1.81. The monoisotopic (exact) mass is 369 g/mol. The largest absolute Gasteiger partial charge is 0.353 e. The lowest BCUT2D eigenvalue weighted by molar-refractivity contribution is 0.171. The average molecular weight is 370 g/mol. The molecule has 2 N–H and O–H groups in total. The Hall–Kier alpha value is -1.89. The number of thiophene rings is 1. The molecule has 1 aromatic carbocycles. The molecule has 4 rings (SSSR count). The summed E-state index contributed by atoms with van der Waals surface area (Å²) < 4.78 is 0. The Balaban J connectivity index is 1.60. The van der Waals surface area contributed by atoms with Crippen molar-refractivity contribution in [2.24, 2.45) is 4.99 Å². The average Bonchev–Trinajstić information content (AvgIpc) is 2.94. The van der Waals surface area contributed by atoms with Gasteiger partial charge in [0.05, 0.1) is 16.9 Å². The molecule has 6 heteroatoms. The molecule has 1 fully saturated rings. The van der Waals surface area contributed by atoms with Crippen LogP contribution < -0.4 is 10.6 Å². The second kappa shape index (κ2) is 7.39. The van der Waals surface area contributed by atoms with Crippen molar-refractivity contribution in [1.82, 2.24) is 15.1 Å². The normalized spacial score (nSPS) is 18.4. The maximum atomic E-state index is 5.08. The number of nitrogens with one attached hydrogen (secondary N) is 2. The standard InChI is InChI=1S/C20H27N5S/c1-14(21-3)13-24-8-10-25(11-9-24)19-16-12-15(2)26-20(16)23-18-7-5-4-6-17(18)22-19/h4-7,12,14,21,23H,8-11,13H2,1-3H3. The molecule has 138 valence electrons. The first-order valence-corrected chi connectivity index (χ1v) is 10.2. The summed E-state index contributed by atoms with van der Waals surface area (Å²) in [5, 5.41) is 8.14. The summed E-state index contributed by atoms with van der Waals surface area (Å²) in [5.41, 5.74) is 3.35. The number of aryl methyl sites for hydroxylation is 1. The summed E-state index contributed by atoms with van der Waals surface area (Å²) in [6.07, 6.45) is 0. The molecular weight excluding hydrogens is 342 g/mol. The lowest BCUT2D eigenvalue weighted by Gasteiger charge is -2.37. The molecule has 0 aliphatic carbocycles. The Kier molecular flexibility index (Phi) is 4.98. The summed E-state index contributed by atoms with van der Waals surface area (Å²) in [6, 6.07) is 11.1. The third-order valence-corrected chi connectivity index (χ3v) is 6.14. The van der Waals surface area contributed by atoms with Crippen LogP contribution in [0, 0.1) is 6.92 Å². The zero-order valence-corrected chi connectivity index (χ0v) is 16.6. The number of likely N-dealkylation sites (N-methyl/N-ethyl adjacent to an activating group) is 1. The minimum absolute atomic E-state index is 0.527. The highest BCUT2D eigenvalue weighted by atomic mass is 32.1. The smallest absolute Gasteiger partial charge is 0.139 e. The van der Waals surface area contributed by atoms with Crippen LogP contribution in [0.4, 0.5) is 16.4 Å². The Labute approximate surface area is 159 Å². The van der Waals surface area contributed by atoms with Gasteiger partial charge in [-0.25, -0.2) is 4.99 Å². The number of para-hydroxylation sites is 2. The Morgan fingerprint density at radius 2 is 2.00 bits per heavy atom. The molecule has 0 amide bonds. The van der Waals surface area contributed by atoms with Crippen molar-refractivity contribution >= 4 is 33.5 Å². The first kappa shape index (κ1) is 17.5. The molecule has 5 nitrogen and oxygen atoms in total. The van der Waals surface area contributed by atoms with Gasteiger partial charge in [-0.1, -0.05) is 12.1 Å². The maximum absolute atomic E-state index is 5.08. The topological polar surface area (TPSA) is 42.9 Å². The van der Waals surface area contributed by atoms with E-state index in [0.717, 1.165) is 49.9 Å². The van der Waals surface area contributed by atoms with Gasteiger partial charge in [0, 0.05) is 43.6 Å². The number of amidine groups is 1. The molecule has 1 unspecified atom stereocenters. The van der Waals surface area contributed by atoms with Crippen molar-refractivity contribution in [1.29, 1.82) is 0 Å². The molecule has 0 saturated carbocycles. The van der Waals surface area contributed by atoms with Crippen molar-refractivity contribution in [3.63, 3.8) is 0 Å². The molecule has 0 radical (unpaired) electrons. The third kappa shape index (κ3) is 3.49. The Morgan fingerprint density at radius 1 is 1.23 bits per heavy atom. The number of anilines is 2. The number of piperazine rings is 1. The van der Waals surface area contributed by atoms with E-state index in [1.54, 1.807) is 0 Å². The van der Waals surface area contributed by atoms with E-state index in [-0.39, 0.29) is 0 Å². The van der Waals surface area contributed by atoms with Gasteiger partial charge < -0.3 is 15.5 Å². The molecule has 1 saturated heterocycles. The fourth-order valence-corrected chi connectivity index (χ4v) is 4.53. The van der Waals surface area contributed by atoms with Crippen LogP contribution in [0.25, 0.3) is 0 Å². The molecule has 2 aliphatic rings. The lowest BCUT2D eigenvalue weighted by atomic mass is 10.2. The molecule has 1 atom stereocenters. The van der Waals surface area contributed by atoms with E-state index in [1.807, 2.05) is 18.4 Å². The van der Waals surface area contributed by atoms with E-state index < -0.39 is 0 Å². The predicted molar refractivity (Wildman–Crippen MR) is 112 cm³/mol. The van der Waals surface area contributed by atoms with E-state index in [9.17, 15) is 0 Å². The second-order valence-corrected chi connectivity index (χ2v) is 8.41. The first-order valence-electron chi connectivity index (χ1n) is 9.34. The van der Waals surface area contributed by atoms with E-state index in [0.29, 0.717) is 6.04 Å². The molecular formula is C20H27N5S. The van der Waals surface area contributed by atoms with Gasteiger partial charge in [0.15, 0.2) is 0 Å². The number of nitrogens with zero attached hydrogens (tertiary/aromatic N) is 3. The molecule has 2 aromatic rings. The number of benzene rings is 1. The van der Waals surface area contributed by atoms with Crippen molar-refractivity contribution < 1.29 is 0 Å². The van der Waals surface area contributed by atoms with Gasteiger partial charge in [0.2, 0.25) is 0 Å². The summed E-state index contributed by atoms with van der Waals surface area (Å²) in [4.78, 5) is 11.4. The first-order chi connectivity index (χ1) is 12.6. The van der Waals surface area contributed by atoms with E-state index in [2.05, 4.69) is 64.6 Å². The fraction of sp³-hybridized carbons (Fsp3) is 0.450. The van der Waals surface area contributed by atoms with Crippen LogP contribution >= 0.6 is 11.3 Å². The van der Waals surface area contributed by atoms with Gasteiger partial charge in [-0.3, -0.25) is 4.90 Å². The van der Waals surface area contributed by atoms with Crippen LogP contribution in [0.1, 0.15) is 17.4 Å². The van der Waals surface area contributed by atoms with Gasteiger partial charge in [0.1, 0.15) is 10.8 Å². The lowest BCUT2D eigenvalue weighted by Crippen LogP contribution is -2.51. The van der Waals surface area contributed by atoms with Gasteiger partial charge in [-0.15, -0.1) is 11.3 Å². The fourth-order valence-electron chi connectivity index (χ4n) is 3.61. The van der Waals surface area contributed by atoms with Crippen LogP contribution in [0.5, 0.6) is 0 Å². The maximum Gasteiger partial charge on any atom is 0.139 e. The molecule has 3 heterocycles. The number of hydrogen-bond acceptors (Lipinski definition) is 6. The van der Waals surface area contributed by atoms with E-state index >= 15 is 0 Å². The Morgan fingerprint density at radius 3 is 2.77 bits per heavy atom. The molecule has 26 heavy (non-hydrogen) atoms. The van der Waals surface area contributed by atoms with E-state index in [4.69, 9.17) is 4.99 Å². The molecule has 0 spiro atoms. The summed E-state index contributed by atoms with van der Waals surface area (Å²) in [7, 11) is 2.03. The van der Waals surface area contributed by atoms with Gasteiger partial charge >= 0.3 is 0 Å².